The molecule has 0 spiro atoms. The van der Waals surface area contributed by atoms with E-state index < -0.39 is 0 Å². The van der Waals surface area contributed by atoms with E-state index in [1.165, 1.54) is 38.9 Å². The summed E-state index contributed by atoms with van der Waals surface area (Å²) in [5.74, 6) is 0. The second-order valence-electron chi connectivity index (χ2n) is 4.65. The van der Waals surface area contributed by atoms with Crippen molar-refractivity contribution < 1.29 is 0 Å². The van der Waals surface area contributed by atoms with Gasteiger partial charge in [-0.25, -0.2) is 0 Å². The Balaban J connectivity index is 1.95. The molecule has 2 nitrogen and oxygen atoms in total. The Bertz CT molecular complexity index is 163. The zero-order valence-electron chi connectivity index (χ0n) is 8.27. The molecule has 1 saturated heterocycles. The van der Waals surface area contributed by atoms with Crippen molar-refractivity contribution in [2.24, 2.45) is 0 Å². The first kappa shape index (κ1) is 8.52. The van der Waals surface area contributed by atoms with E-state index >= 15 is 0 Å². The van der Waals surface area contributed by atoms with Crippen molar-refractivity contribution in [1.29, 1.82) is 0 Å². The highest BCUT2D eigenvalue weighted by atomic mass is 15.2. The molecule has 0 aromatic rings. The maximum atomic E-state index is 3.53. The molecule has 2 rings (SSSR count). The van der Waals surface area contributed by atoms with E-state index in [-0.39, 0.29) is 0 Å². The van der Waals surface area contributed by atoms with Crippen LogP contribution in [0.3, 0.4) is 0 Å². The van der Waals surface area contributed by atoms with Crippen LogP contribution in [0.4, 0.5) is 0 Å². The summed E-state index contributed by atoms with van der Waals surface area (Å²) in [5, 5.41) is 3.53. The van der Waals surface area contributed by atoms with Crippen molar-refractivity contribution >= 4 is 0 Å². The Hall–Kier alpha value is -0.0800. The number of nitrogens with zero attached hydrogens (tertiary/aromatic N) is 1. The van der Waals surface area contributed by atoms with Crippen LogP contribution in [0.2, 0.25) is 0 Å². The summed E-state index contributed by atoms with van der Waals surface area (Å²) in [5.41, 5.74) is 0.584. The van der Waals surface area contributed by atoms with Crippen LogP contribution in [-0.2, 0) is 0 Å². The minimum atomic E-state index is 0.584. The van der Waals surface area contributed by atoms with E-state index in [4.69, 9.17) is 0 Å². The van der Waals surface area contributed by atoms with Crippen molar-refractivity contribution in [3.8, 4) is 0 Å². The molecule has 1 aliphatic carbocycles. The highest BCUT2D eigenvalue weighted by Crippen LogP contribution is 2.41. The van der Waals surface area contributed by atoms with E-state index in [1.54, 1.807) is 0 Å². The Morgan fingerprint density at radius 2 is 2.17 bits per heavy atom. The maximum Gasteiger partial charge on any atom is 0.0183 e. The van der Waals surface area contributed by atoms with Gasteiger partial charge in [-0.3, -0.25) is 4.90 Å². The van der Waals surface area contributed by atoms with Gasteiger partial charge < -0.3 is 5.32 Å². The number of rotatable bonds is 1. The normalized spacial score (nSPS) is 36.0. The van der Waals surface area contributed by atoms with Gasteiger partial charge in [-0.2, -0.15) is 0 Å². The Morgan fingerprint density at radius 3 is 2.83 bits per heavy atom. The predicted octanol–water partition coefficient (Wildman–Crippen LogP) is 1.22. The van der Waals surface area contributed by atoms with Crippen LogP contribution >= 0.6 is 0 Å². The molecule has 0 amide bonds. The first-order valence-corrected chi connectivity index (χ1v) is 5.19. The van der Waals surface area contributed by atoms with Crippen LogP contribution in [0.15, 0.2) is 0 Å². The van der Waals surface area contributed by atoms with Crippen LogP contribution in [0.1, 0.15) is 33.1 Å². The third-order valence-electron chi connectivity index (χ3n) is 3.33. The number of hydrogen-bond donors (Lipinski definition) is 1. The largest absolute Gasteiger partial charge is 0.313 e. The summed E-state index contributed by atoms with van der Waals surface area (Å²) in [6, 6.07) is 0.685. The molecule has 2 fully saturated rings. The molecule has 2 heteroatoms. The van der Waals surface area contributed by atoms with Gasteiger partial charge in [-0.05, 0) is 46.2 Å². The van der Waals surface area contributed by atoms with Gasteiger partial charge in [0.1, 0.15) is 0 Å². The lowest BCUT2D eigenvalue weighted by Gasteiger charge is -2.28. The molecule has 0 aromatic carbocycles. The van der Waals surface area contributed by atoms with Crippen LogP contribution in [0.25, 0.3) is 0 Å². The van der Waals surface area contributed by atoms with E-state index in [0.717, 1.165) is 0 Å². The average molecular weight is 168 g/mol. The smallest absolute Gasteiger partial charge is 0.0183 e. The van der Waals surface area contributed by atoms with Gasteiger partial charge in [0.15, 0.2) is 0 Å². The fourth-order valence-electron chi connectivity index (χ4n) is 2.09. The van der Waals surface area contributed by atoms with Gasteiger partial charge in [-0.1, -0.05) is 0 Å². The van der Waals surface area contributed by atoms with Gasteiger partial charge in [0.25, 0.3) is 0 Å². The van der Waals surface area contributed by atoms with Gasteiger partial charge in [0.05, 0.1) is 0 Å². The Morgan fingerprint density at radius 1 is 1.42 bits per heavy atom. The molecule has 2 aliphatic rings. The van der Waals surface area contributed by atoms with Gasteiger partial charge in [0, 0.05) is 18.1 Å². The summed E-state index contributed by atoms with van der Waals surface area (Å²) < 4.78 is 0. The standard InChI is InChI=1S/C10H20N2/c1-9-8-12(7-3-6-11-9)10(2)4-5-10/h9,11H,3-8H2,1-2H3. The van der Waals surface area contributed by atoms with E-state index in [9.17, 15) is 0 Å². The minimum Gasteiger partial charge on any atom is -0.313 e. The molecule has 0 aromatic heterocycles. The summed E-state index contributed by atoms with van der Waals surface area (Å²) in [6.45, 7) is 8.45. The molecule has 12 heavy (non-hydrogen) atoms. The van der Waals surface area contributed by atoms with Crippen molar-refractivity contribution in [3.05, 3.63) is 0 Å². The molecule has 1 atom stereocenters. The van der Waals surface area contributed by atoms with E-state index in [2.05, 4.69) is 24.1 Å². The number of nitrogens with one attached hydrogen (secondary N) is 1. The second kappa shape index (κ2) is 3.00. The molecule has 0 radical (unpaired) electrons. The first-order chi connectivity index (χ1) is 5.71. The third-order valence-corrected chi connectivity index (χ3v) is 3.33. The average Bonchev–Trinajstić information content (AvgIpc) is 2.77. The van der Waals surface area contributed by atoms with Crippen LogP contribution in [-0.4, -0.2) is 36.1 Å². The molecular formula is C10H20N2. The van der Waals surface area contributed by atoms with Crippen LogP contribution < -0.4 is 5.32 Å². The molecule has 1 N–H and O–H groups in total. The van der Waals surface area contributed by atoms with E-state index in [0.29, 0.717) is 11.6 Å². The summed E-state index contributed by atoms with van der Waals surface area (Å²) in [4.78, 5) is 2.68. The lowest BCUT2D eigenvalue weighted by Crippen LogP contribution is -2.41. The lowest BCUT2D eigenvalue weighted by atomic mass is 10.2. The van der Waals surface area contributed by atoms with Gasteiger partial charge in [-0.15, -0.1) is 0 Å². The summed E-state index contributed by atoms with van der Waals surface area (Å²) >= 11 is 0. The van der Waals surface area contributed by atoms with Crippen molar-refractivity contribution in [1.82, 2.24) is 10.2 Å². The second-order valence-corrected chi connectivity index (χ2v) is 4.65. The molecule has 1 aliphatic heterocycles. The SMILES string of the molecule is CC1CN(C2(C)CC2)CCCN1. The molecule has 0 bridgehead atoms. The van der Waals surface area contributed by atoms with Crippen LogP contribution in [0.5, 0.6) is 0 Å². The zero-order valence-corrected chi connectivity index (χ0v) is 8.27. The molecular weight excluding hydrogens is 148 g/mol. The van der Waals surface area contributed by atoms with Crippen molar-refractivity contribution in [2.45, 2.75) is 44.7 Å². The topological polar surface area (TPSA) is 15.3 Å². The fourth-order valence-corrected chi connectivity index (χ4v) is 2.09. The fraction of sp³-hybridized carbons (Fsp3) is 1.00. The highest BCUT2D eigenvalue weighted by Gasteiger charge is 2.43. The van der Waals surface area contributed by atoms with Crippen molar-refractivity contribution in [2.75, 3.05) is 19.6 Å². The summed E-state index contributed by atoms with van der Waals surface area (Å²) in [6.07, 6.45) is 4.15. The monoisotopic (exact) mass is 168 g/mol. The highest BCUT2D eigenvalue weighted by molar-refractivity contribution is 5.00. The predicted molar refractivity (Wildman–Crippen MR) is 51.3 cm³/mol. The molecule has 70 valence electrons. The Kier molecular flexibility index (Phi) is 2.13. The van der Waals surface area contributed by atoms with Crippen molar-refractivity contribution in [3.63, 3.8) is 0 Å². The summed E-state index contributed by atoms with van der Waals surface area (Å²) in [7, 11) is 0. The Labute approximate surface area is 75.3 Å². The van der Waals surface area contributed by atoms with Gasteiger partial charge >= 0.3 is 0 Å². The van der Waals surface area contributed by atoms with Crippen LogP contribution in [0, 0.1) is 0 Å². The molecule has 1 unspecified atom stereocenters. The van der Waals surface area contributed by atoms with Gasteiger partial charge in [0.2, 0.25) is 0 Å². The molecule has 1 saturated carbocycles. The van der Waals surface area contributed by atoms with E-state index in [1.807, 2.05) is 0 Å². The lowest BCUT2D eigenvalue weighted by molar-refractivity contribution is 0.190. The number of hydrogen-bond acceptors (Lipinski definition) is 2. The first-order valence-electron chi connectivity index (χ1n) is 5.19. The zero-order chi connectivity index (χ0) is 8.60. The quantitative estimate of drug-likeness (QED) is 0.633. The maximum absolute atomic E-state index is 3.53. The third kappa shape index (κ3) is 1.64. The minimum absolute atomic E-state index is 0.584. The molecule has 1 heterocycles.